The number of hydrogen-bond donors (Lipinski definition) is 1. The highest BCUT2D eigenvalue weighted by Crippen LogP contribution is 2.35. The van der Waals surface area contributed by atoms with Gasteiger partial charge in [0.05, 0.1) is 0 Å². The third-order valence-electron chi connectivity index (χ3n) is 4.30. The molecule has 88 valence electrons. The van der Waals surface area contributed by atoms with Crippen LogP contribution >= 0.6 is 0 Å². The SMILES string of the molecule is CN(CCC1(N)CC1)C1CCCCCC1. The van der Waals surface area contributed by atoms with Crippen LogP contribution in [0.15, 0.2) is 0 Å². The van der Waals surface area contributed by atoms with Crippen LogP contribution in [0.3, 0.4) is 0 Å². The Morgan fingerprint density at radius 2 is 1.73 bits per heavy atom. The molecule has 0 amide bonds. The number of nitrogens with zero attached hydrogens (tertiary/aromatic N) is 1. The van der Waals surface area contributed by atoms with E-state index >= 15 is 0 Å². The van der Waals surface area contributed by atoms with Crippen LogP contribution in [0.25, 0.3) is 0 Å². The van der Waals surface area contributed by atoms with Crippen molar-refractivity contribution >= 4 is 0 Å². The lowest BCUT2D eigenvalue weighted by molar-refractivity contribution is 0.212. The van der Waals surface area contributed by atoms with Crippen LogP contribution < -0.4 is 5.73 Å². The van der Waals surface area contributed by atoms with E-state index in [9.17, 15) is 0 Å². The number of nitrogens with two attached hydrogens (primary N) is 1. The smallest absolute Gasteiger partial charge is 0.0167 e. The summed E-state index contributed by atoms with van der Waals surface area (Å²) in [5.74, 6) is 0. The molecule has 0 aromatic carbocycles. The highest BCUT2D eigenvalue weighted by atomic mass is 15.1. The zero-order valence-corrected chi connectivity index (χ0v) is 10.2. The second-order valence-corrected chi connectivity index (χ2v) is 5.74. The normalized spacial score (nSPS) is 26.6. The molecule has 0 unspecified atom stereocenters. The average Bonchev–Trinajstić information content (AvgIpc) is 2.99. The van der Waals surface area contributed by atoms with E-state index in [1.165, 1.54) is 64.3 Å². The molecule has 2 rings (SSSR count). The number of rotatable bonds is 4. The highest BCUT2D eigenvalue weighted by molar-refractivity contribution is 4.99. The molecule has 0 saturated heterocycles. The van der Waals surface area contributed by atoms with Crippen LogP contribution in [0.5, 0.6) is 0 Å². The van der Waals surface area contributed by atoms with Crippen molar-refractivity contribution in [2.24, 2.45) is 5.73 Å². The number of hydrogen-bond acceptors (Lipinski definition) is 2. The van der Waals surface area contributed by atoms with E-state index in [2.05, 4.69) is 11.9 Å². The Hall–Kier alpha value is -0.0800. The minimum Gasteiger partial charge on any atom is -0.325 e. The van der Waals surface area contributed by atoms with Crippen LogP contribution in [0, 0.1) is 0 Å². The molecule has 0 spiro atoms. The van der Waals surface area contributed by atoms with Gasteiger partial charge >= 0.3 is 0 Å². The third kappa shape index (κ3) is 3.46. The van der Waals surface area contributed by atoms with Gasteiger partial charge in [0.25, 0.3) is 0 Å². The van der Waals surface area contributed by atoms with Crippen LogP contribution in [0.1, 0.15) is 57.8 Å². The summed E-state index contributed by atoms with van der Waals surface area (Å²) < 4.78 is 0. The Morgan fingerprint density at radius 3 is 2.27 bits per heavy atom. The van der Waals surface area contributed by atoms with E-state index in [0.717, 1.165) is 6.04 Å². The molecule has 2 N–H and O–H groups in total. The molecule has 2 fully saturated rings. The first-order valence-corrected chi connectivity index (χ1v) is 6.69. The molecule has 0 aromatic rings. The maximum atomic E-state index is 6.13. The Bertz CT molecular complexity index is 191. The van der Waals surface area contributed by atoms with Crippen molar-refractivity contribution in [1.29, 1.82) is 0 Å². The molecule has 0 atom stereocenters. The fraction of sp³-hybridized carbons (Fsp3) is 1.00. The second kappa shape index (κ2) is 4.84. The molecule has 2 aliphatic rings. The lowest BCUT2D eigenvalue weighted by atomic mass is 10.1. The van der Waals surface area contributed by atoms with Crippen LogP contribution in [0.2, 0.25) is 0 Å². The summed E-state index contributed by atoms with van der Waals surface area (Å²) in [5.41, 5.74) is 6.36. The molecule has 2 saturated carbocycles. The maximum absolute atomic E-state index is 6.13. The van der Waals surface area contributed by atoms with Gasteiger partial charge in [0.15, 0.2) is 0 Å². The maximum Gasteiger partial charge on any atom is 0.0167 e. The molecule has 2 heteroatoms. The van der Waals surface area contributed by atoms with Gasteiger partial charge in [0.2, 0.25) is 0 Å². The monoisotopic (exact) mass is 210 g/mol. The topological polar surface area (TPSA) is 29.3 Å². The van der Waals surface area contributed by atoms with Gasteiger partial charge in [0, 0.05) is 11.6 Å². The lowest BCUT2D eigenvalue weighted by Crippen LogP contribution is -2.36. The van der Waals surface area contributed by atoms with Gasteiger partial charge in [-0.15, -0.1) is 0 Å². The minimum atomic E-state index is 0.235. The van der Waals surface area contributed by atoms with Crippen LogP contribution in [-0.4, -0.2) is 30.1 Å². The van der Waals surface area contributed by atoms with Crippen molar-refractivity contribution in [1.82, 2.24) is 4.90 Å². The van der Waals surface area contributed by atoms with Gasteiger partial charge < -0.3 is 10.6 Å². The van der Waals surface area contributed by atoms with E-state index in [0.29, 0.717) is 0 Å². The van der Waals surface area contributed by atoms with Crippen molar-refractivity contribution in [2.75, 3.05) is 13.6 Å². The first-order valence-electron chi connectivity index (χ1n) is 6.69. The van der Waals surface area contributed by atoms with Crippen LogP contribution in [-0.2, 0) is 0 Å². The van der Waals surface area contributed by atoms with Gasteiger partial charge in [-0.3, -0.25) is 0 Å². The largest absolute Gasteiger partial charge is 0.325 e. The van der Waals surface area contributed by atoms with Gasteiger partial charge in [0.1, 0.15) is 0 Å². The quantitative estimate of drug-likeness (QED) is 0.722. The first kappa shape index (κ1) is 11.4. The van der Waals surface area contributed by atoms with Crippen molar-refractivity contribution in [2.45, 2.75) is 69.4 Å². The van der Waals surface area contributed by atoms with Gasteiger partial charge in [-0.25, -0.2) is 0 Å². The standard InChI is InChI=1S/C13H26N2/c1-15(11-10-13(14)8-9-13)12-6-4-2-3-5-7-12/h12H,2-11,14H2,1H3. The fourth-order valence-corrected chi connectivity index (χ4v) is 2.69. The summed E-state index contributed by atoms with van der Waals surface area (Å²) in [7, 11) is 2.29. The van der Waals surface area contributed by atoms with Crippen molar-refractivity contribution in [3.63, 3.8) is 0 Å². The zero-order valence-electron chi connectivity index (χ0n) is 10.2. The molecule has 2 nitrogen and oxygen atoms in total. The summed E-state index contributed by atoms with van der Waals surface area (Å²) in [6.45, 7) is 1.21. The summed E-state index contributed by atoms with van der Waals surface area (Å²) in [6.07, 6.45) is 12.3. The Morgan fingerprint density at radius 1 is 1.13 bits per heavy atom. The van der Waals surface area contributed by atoms with Crippen molar-refractivity contribution in [3.8, 4) is 0 Å². The molecular formula is C13H26N2. The lowest BCUT2D eigenvalue weighted by Gasteiger charge is -2.28. The van der Waals surface area contributed by atoms with E-state index in [1.807, 2.05) is 0 Å². The summed E-state index contributed by atoms with van der Waals surface area (Å²) in [5, 5.41) is 0. The molecule has 0 bridgehead atoms. The molecule has 0 radical (unpaired) electrons. The van der Waals surface area contributed by atoms with Crippen LogP contribution in [0.4, 0.5) is 0 Å². The average molecular weight is 210 g/mol. The molecule has 0 aromatic heterocycles. The molecule has 2 aliphatic carbocycles. The molecule has 15 heavy (non-hydrogen) atoms. The van der Waals surface area contributed by atoms with E-state index in [4.69, 9.17) is 5.73 Å². The highest BCUT2D eigenvalue weighted by Gasteiger charge is 2.37. The zero-order chi connectivity index (χ0) is 10.7. The minimum absolute atomic E-state index is 0.235. The van der Waals surface area contributed by atoms with E-state index in [-0.39, 0.29) is 5.54 Å². The van der Waals surface area contributed by atoms with Gasteiger partial charge in [-0.2, -0.15) is 0 Å². The summed E-state index contributed by atoms with van der Waals surface area (Å²) >= 11 is 0. The summed E-state index contributed by atoms with van der Waals surface area (Å²) in [4.78, 5) is 2.57. The van der Waals surface area contributed by atoms with Gasteiger partial charge in [-0.1, -0.05) is 25.7 Å². The predicted molar refractivity (Wildman–Crippen MR) is 64.9 cm³/mol. The Balaban J connectivity index is 1.70. The third-order valence-corrected chi connectivity index (χ3v) is 4.30. The molecular weight excluding hydrogens is 184 g/mol. The second-order valence-electron chi connectivity index (χ2n) is 5.74. The molecule has 0 heterocycles. The van der Waals surface area contributed by atoms with Gasteiger partial charge in [-0.05, 0) is 45.7 Å². The molecule has 0 aliphatic heterocycles. The summed E-state index contributed by atoms with van der Waals surface area (Å²) in [6, 6.07) is 0.842. The first-order chi connectivity index (χ1) is 7.20. The Kier molecular flexibility index (Phi) is 3.68. The predicted octanol–water partition coefficient (Wildman–Crippen LogP) is 2.52. The fourth-order valence-electron chi connectivity index (χ4n) is 2.69. The van der Waals surface area contributed by atoms with Crippen molar-refractivity contribution < 1.29 is 0 Å². The Labute approximate surface area is 94.2 Å². The van der Waals surface area contributed by atoms with Crippen molar-refractivity contribution in [3.05, 3.63) is 0 Å². The van der Waals surface area contributed by atoms with E-state index in [1.54, 1.807) is 0 Å². The van der Waals surface area contributed by atoms with E-state index < -0.39 is 0 Å².